The molecule has 3 rings (SSSR count). The van der Waals surface area contributed by atoms with Crippen molar-refractivity contribution in [2.45, 2.75) is 13.0 Å². The average molecular weight is 223 g/mol. The minimum absolute atomic E-state index is 0.316. The van der Waals surface area contributed by atoms with Crippen molar-refractivity contribution in [2.24, 2.45) is 0 Å². The number of likely N-dealkylation sites (N-methyl/N-ethyl adjacent to an activating group) is 1. The van der Waals surface area contributed by atoms with E-state index in [-0.39, 0.29) is 0 Å². The Kier molecular flexibility index (Phi) is 1.71. The molecule has 0 saturated heterocycles. The molecule has 78 valence electrons. The van der Waals surface area contributed by atoms with Gasteiger partial charge in [0.05, 0.1) is 5.52 Å². The molecule has 0 spiro atoms. The van der Waals surface area contributed by atoms with E-state index >= 15 is 0 Å². The lowest BCUT2D eigenvalue weighted by Gasteiger charge is -2.30. The maximum Gasteiger partial charge on any atom is 0.225 e. The van der Waals surface area contributed by atoms with E-state index in [9.17, 15) is 0 Å². The van der Waals surface area contributed by atoms with Crippen LogP contribution >= 0.6 is 11.6 Å². The highest BCUT2D eigenvalue weighted by molar-refractivity contribution is 6.28. The lowest BCUT2D eigenvalue weighted by Crippen LogP contribution is -2.31. The predicted molar refractivity (Wildman–Crippen MR) is 60.5 cm³/mol. The zero-order valence-corrected chi connectivity index (χ0v) is 9.36. The zero-order chi connectivity index (χ0) is 10.6. The minimum Gasteiger partial charge on any atom is -0.356 e. The monoisotopic (exact) mass is 222 g/mol. The van der Waals surface area contributed by atoms with Gasteiger partial charge >= 0.3 is 0 Å². The molecule has 0 fully saturated rings. The van der Waals surface area contributed by atoms with Crippen molar-refractivity contribution in [3.8, 4) is 0 Å². The molecule has 0 saturated carbocycles. The summed E-state index contributed by atoms with van der Waals surface area (Å²) in [5.41, 5.74) is 2.00. The van der Waals surface area contributed by atoms with Crippen molar-refractivity contribution in [1.29, 1.82) is 0 Å². The Morgan fingerprint density at radius 2 is 2.27 bits per heavy atom. The first kappa shape index (κ1) is 8.97. The number of hydrogen-bond acceptors (Lipinski definition) is 3. The van der Waals surface area contributed by atoms with E-state index in [1.165, 1.54) is 0 Å². The first-order valence-electron chi connectivity index (χ1n) is 4.92. The molecule has 0 unspecified atom stereocenters. The number of hydrogen-bond donors (Lipinski definition) is 0. The highest BCUT2D eigenvalue weighted by Crippen LogP contribution is 2.32. The number of aromatic nitrogens is 3. The van der Waals surface area contributed by atoms with Crippen LogP contribution in [0.15, 0.2) is 12.3 Å². The molecule has 1 aliphatic rings. The highest BCUT2D eigenvalue weighted by Gasteiger charge is 2.23. The third-order valence-corrected chi connectivity index (χ3v) is 3.06. The lowest BCUT2D eigenvalue weighted by atomic mass is 10.2. The SMILES string of the molecule is C[C@H]1CN(C)c2nc(Cl)nc3ccn1c23. The van der Waals surface area contributed by atoms with Crippen LogP contribution in [-0.2, 0) is 0 Å². The smallest absolute Gasteiger partial charge is 0.225 e. The maximum atomic E-state index is 5.88. The van der Waals surface area contributed by atoms with Gasteiger partial charge in [-0.15, -0.1) is 0 Å². The Labute approximate surface area is 92.5 Å². The van der Waals surface area contributed by atoms with Gasteiger partial charge in [0.15, 0.2) is 5.82 Å². The van der Waals surface area contributed by atoms with Gasteiger partial charge in [-0.1, -0.05) is 0 Å². The summed E-state index contributed by atoms with van der Waals surface area (Å²) in [5, 5.41) is 0.316. The van der Waals surface area contributed by atoms with Crippen LogP contribution in [0.2, 0.25) is 5.28 Å². The van der Waals surface area contributed by atoms with Crippen LogP contribution in [0.4, 0.5) is 5.82 Å². The summed E-state index contributed by atoms with van der Waals surface area (Å²) in [6.45, 7) is 3.14. The van der Waals surface area contributed by atoms with E-state index in [2.05, 4.69) is 32.6 Å². The fourth-order valence-corrected chi connectivity index (χ4v) is 2.40. The van der Waals surface area contributed by atoms with Crippen molar-refractivity contribution < 1.29 is 0 Å². The molecular formula is C10H11ClN4. The molecule has 0 amide bonds. The van der Waals surface area contributed by atoms with Gasteiger partial charge < -0.3 is 9.47 Å². The molecule has 4 nitrogen and oxygen atoms in total. The number of anilines is 1. The highest BCUT2D eigenvalue weighted by atomic mass is 35.5. The Morgan fingerprint density at radius 1 is 1.47 bits per heavy atom. The Bertz CT molecular complexity index is 533. The second kappa shape index (κ2) is 2.85. The molecule has 1 aliphatic heterocycles. The molecule has 0 radical (unpaired) electrons. The van der Waals surface area contributed by atoms with Crippen LogP contribution in [0.1, 0.15) is 13.0 Å². The van der Waals surface area contributed by atoms with Crippen LogP contribution in [0.5, 0.6) is 0 Å². The van der Waals surface area contributed by atoms with E-state index in [0.717, 1.165) is 23.4 Å². The zero-order valence-electron chi connectivity index (χ0n) is 8.61. The average Bonchev–Trinajstić information content (AvgIpc) is 2.58. The molecule has 0 aromatic carbocycles. The molecular weight excluding hydrogens is 212 g/mol. The molecule has 1 atom stereocenters. The molecule has 5 heteroatoms. The Hall–Kier alpha value is -1.29. The van der Waals surface area contributed by atoms with Gasteiger partial charge in [-0.3, -0.25) is 0 Å². The molecule has 0 bridgehead atoms. The predicted octanol–water partition coefficient (Wildman–Crippen LogP) is 2.10. The quantitative estimate of drug-likeness (QED) is 0.641. The largest absolute Gasteiger partial charge is 0.356 e. The van der Waals surface area contributed by atoms with Gasteiger partial charge in [0.25, 0.3) is 0 Å². The van der Waals surface area contributed by atoms with E-state index in [1.54, 1.807) is 0 Å². The fraction of sp³-hybridized carbons (Fsp3) is 0.400. The summed E-state index contributed by atoms with van der Waals surface area (Å²) in [5.74, 6) is 0.924. The minimum atomic E-state index is 0.316. The standard InChI is InChI=1S/C10H11ClN4/c1-6-5-14(2)9-8-7(3-4-15(6)8)12-10(11)13-9/h3-4,6H,5H2,1-2H3/t6-/m0/s1. The van der Waals surface area contributed by atoms with E-state index in [4.69, 9.17) is 11.6 Å². The van der Waals surface area contributed by atoms with Gasteiger partial charge in [0, 0.05) is 25.8 Å². The van der Waals surface area contributed by atoms with Crippen LogP contribution in [0.3, 0.4) is 0 Å². The van der Waals surface area contributed by atoms with Crippen molar-refractivity contribution in [2.75, 3.05) is 18.5 Å². The first-order valence-corrected chi connectivity index (χ1v) is 5.30. The van der Waals surface area contributed by atoms with Gasteiger partial charge in [-0.2, -0.15) is 4.98 Å². The molecule has 2 aromatic heterocycles. The van der Waals surface area contributed by atoms with Gasteiger partial charge in [-0.05, 0) is 24.6 Å². The van der Waals surface area contributed by atoms with E-state index in [0.29, 0.717) is 11.3 Å². The number of rotatable bonds is 0. The second-order valence-electron chi connectivity index (χ2n) is 4.00. The molecule has 0 aliphatic carbocycles. The van der Waals surface area contributed by atoms with Gasteiger partial charge in [0.2, 0.25) is 5.28 Å². The van der Waals surface area contributed by atoms with Crippen molar-refractivity contribution >= 4 is 28.5 Å². The van der Waals surface area contributed by atoms with Crippen LogP contribution in [0, 0.1) is 0 Å². The maximum absolute atomic E-state index is 5.88. The van der Waals surface area contributed by atoms with Crippen LogP contribution in [-0.4, -0.2) is 28.1 Å². The Morgan fingerprint density at radius 3 is 3.07 bits per heavy atom. The second-order valence-corrected chi connectivity index (χ2v) is 4.34. The van der Waals surface area contributed by atoms with Gasteiger partial charge in [0.1, 0.15) is 5.52 Å². The number of halogens is 1. The van der Waals surface area contributed by atoms with Crippen LogP contribution in [0.25, 0.3) is 11.0 Å². The normalized spacial score (nSPS) is 19.9. The van der Waals surface area contributed by atoms with Crippen molar-refractivity contribution in [1.82, 2.24) is 14.5 Å². The Balaban J connectivity index is 2.43. The molecule has 3 heterocycles. The van der Waals surface area contributed by atoms with Crippen LogP contribution < -0.4 is 4.90 Å². The topological polar surface area (TPSA) is 34.0 Å². The molecule has 2 aromatic rings. The summed E-state index contributed by atoms with van der Waals surface area (Å²) in [7, 11) is 2.03. The third kappa shape index (κ3) is 1.14. The summed E-state index contributed by atoms with van der Waals surface area (Å²) >= 11 is 5.88. The fourth-order valence-electron chi connectivity index (χ4n) is 2.23. The summed E-state index contributed by atoms with van der Waals surface area (Å²) in [4.78, 5) is 10.6. The van der Waals surface area contributed by atoms with Crippen molar-refractivity contribution in [3.63, 3.8) is 0 Å². The van der Waals surface area contributed by atoms with E-state index < -0.39 is 0 Å². The summed E-state index contributed by atoms with van der Waals surface area (Å²) in [6.07, 6.45) is 2.05. The molecule has 0 N–H and O–H groups in total. The molecule has 15 heavy (non-hydrogen) atoms. The van der Waals surface area contributed by atoms with Crippen molar-refractivity contribution in [3.05, 3.63) is 17.5 Å². The third-order valence-electron chi connectivity index (χ3n) is 2.89. The summed E-state index contributed by atoms with van der Waals surface area (Å²) < 4.78 is 2.21. The first-order chi connectivity index (χ1) is 7.16. The van der Waals surface area contributed by atoms with E-state index in [1.807, 2.05) is 13.1 Å². The number of nitrogens with zero attached hydrogens (tertiary/aromatic N) is 4. The lowest BCUT2D eigenvalue weighted by molar-refractivity contribution is 0.543. The van der Waals surface area contributed by atoms with Gasteiger partial charge in [-0.25, -0.2) is 4.98 Å². The summed E-state index contributed by atoms with van der Waals surface area (Å²) in [6, 6.07) is 2.44.